The first kappa shape index (κ1) is 16.3. The number of thioether (sulfide) groups is 1. The molecule has 5 rings (SSSR count). The number of nitrogens with one attached hydrogen (secondary N) is 1. The Kier molecular flexibility index (Phi) is 3.99. The van der Waals surface area contributed by atoms with Crippen molar-refractivity contribution in [2.24, 2.45) is 7.05 Å². The number of hydrogen-bond donors (Lipinski definition) is 1. The lowest BCUT2D eigenvalue weighted by Crippen LogP contribution is -2.26. The average Bonchev–Trinajstić information content (AvgIpc) is 3.33. The van der Waals surface area contributed by atoms with E-state index in [0.29, 0.717) is 5.92 Å². The second kappa shape index (κ2) is 6.37. The summed E-state index contributed by atoms with van der Waals surface area (Å²) in [6.45, 7) is 2.16. The largest absolute Gasteiger partial charge is 0.317 e. The van der Waals surface area contributed by atoms with Crippen LogP contribution in [0.4, 0.5) is 0 Å². The number of rotatable bonds is 3. The van der Waals surface area contributed by atoms with E-state index in [0.717, 1.165) is 52.4 Å². The molecule has 0 amide bonds. The standard InChI is InChI=1S/C18H20N6S2/c1-23-9-13-7-12(8-15(25-2)16(13)21-23)17-22-24-10-14(20-18(24)26-17)11-3-5-19-6-4-11/h7-11,19H,3-6H2,1-2H3. The minimum Gasteiger partial charge on any atom is -0.317 e. The quantitative estimate of drug-likeness (QED) is 0.548. The molecule has 0 saturated carbocycles. The minimum absolute atomic E-state index is 0.559. The van der Waals surface area contributed by atoms with E-state index in [4.69, 9.17) is 10.1 Å². The van der Waals surface area contributed by atoms with Crippen LogP contribution in [0.3, 0.4) is 0 Å². The first-order chi connectivity index (χ1) is 12.7. The van der Waals surface area contributed by atoms with E-state index >= 15 is 0 Å². The number of aromatic nitrogens is 5. The summed E-state index contributed by atoms with van der Waals surface area (Å²) in [6, 6.07) is 4.36. The molecule has 4 heterocycles. The Labute approximate surface area is 159 Å². The van der Waals surface area contributed by atoms with Crippen molar-refractivity contribution in [3.05, 3.63) is 30.2 Å². The third kappa shape index (κ3) is 2.72. The van der Waals surface area contributed by atoms with Crippen molar-refractivity contribution >= 4 is 39.0 Å². The summed E-state index contributed by atoms with van der Waals surface area (Å²) in [5, 5.41) is 14.9. The van der Waals surface area contributed by atoms with Crippen molar-refractivity contribution in [1.82, 2.24) is 29.7 Å². The molecule has 6 nitrogen and oxygen atoms in total. The molecule has 1 fully saturated rings. The molecule has 4 aromatic rings. The van der Waals surface area contributed by atoms with Gasteiger partial charge in [-0.05, 0) is 44.3 Å². The Hall–Kier alpha value is -1.90. The second-order valence-corrected chi connectivity index (χ2v) is 8.55. The van der Waals surface area contributed by atoms with E-state index in [1.54, 1.807) is 23.1 Å². The van der Waals surface area contributed by atoms with Gasteiger partial charge in [0.15, 0.2) is 0 Å². The molecule has 0 bridgehead atoms. The van der Waals surface area contributed by atoms with E-state index in [2.05, 4.69) is 41.2 Å². The highest BCUT2D eigenvalue weighted by Gasteiger charge is 2.20. The van der Waals surface area contributed by atoms with Gasteiger partial charge in [0, 0.05) is 35.0 Å². The number of piperidine rings is 1. The molecule has 134 valence electrons. The van der Waals surface area contributed by atoms with Crippen LogP contribution in [0.25, 0.3) is 26.4 Å². The molecular formula is C18H20N6S2. The number of fused-ring (bicyclic) bond motifs is 2. The van der Waals surface area contributed by atoms with Crippen LogP contribution < -0.4 is 5.32 Å². The molecule has 1 aliphatic rings. The van der Waals surface area contributed by atoms with Gasteiger partial charge in [-0.1, -0.05) is 11.3 Å². The molecule has 3 aromatic heterocycles. The zero-order valence-corrected chi connectivity index (χ0v) is 16.4. The topological polar surface area (TPSA) is 60.0 Å². The van der Waals surface area contributed by atoms with Crippen molar-refractivity contribution in [2.75, 3.05) is 19.3 Å². The molecule has 1 aliphatic heterocycles. The van der Waals surface area contributed by atoms with Gasteiger partial charge in [-0.25, -0.2) is 9.50 Å². The van der Waals surface area contributed by atoms with Crippen LogP contribution in [0.2, 0.25) is 0 Å². The number of nitrogens with zero attached hydrogens (tertiary/aromatic N) is 5. The van der Waals surface area contributed by atoms with Gasteiger partial charge in [0.1, 0.15) is 10.5 Å². The predicted molar refractivity (Wildman–Crippen MR) is 107 cm³/mol. The van der Waals surface area contributed by atoms with Crippen LogP contribution in [0.15, 0.2) is 29.4 Å². The molecule has 0 unspecified atom stereocenters. The maximum Gasteiger partial charge on any atom is 0.212 e. The lowest BCUT2D eigenvalue weighted by atomic mass is 9.95. The van der Waals surface area contributed by atoms with E-state index in [1.807, 2.05) is 16.2 Å². The van der Waals surface area contributed by atoms with E-state index < -0.39 is 0 Å². The third-order valence-corrected chi connectivity index (χ3v) is 6.70. The Morgan fingerprint density at radius 1 is 1.19 bits per heavy atom. The number of benzene rings is 1. The summed E-state index contributed by atoms with van der Waals surface area (Å²) < 4.78 is 3.82. The summed E-state index contributed by atoms with van der Waals surface area (Å²) in [6.07, 6.45) is 8.59. The van der Waals surface area contributed by atoms with E-state index in [-0.39, 0.29) is 0 Å². The molecule has 1 aromatic carbocycles. The molecule has 0 radical (unpaired) electrons. The lowest BCUT2D eigenvalue weighted by Gasteiger charge is -2.20. The molecule has 26 heavy (non-hydrogen) atoms. The summed E-state index contributed by atoms with van der Waals surface area (Å²) >= 11 is 3.38. The van der Waals surface area contributed by atoms with Crippen molar-refractivity contribution in [1.29, 1.82) is 0 Å². The summed E-state index contributed by atoms with van der Waals surface area (Å²) in [5.74, 6) is 0.559. The highest BCUT2D eigenvalue weighted by molar-refractivity contribution is 7.98. The Morgan fingerprint density at radius 3 is 2.81 bits per heavy atom. The molecular weight excluding hydrogens is 364 g/mol. The molecule has 0 spiro atoms. The zero-order chi connectivity index (χ0) is 17.7. The second-order valence-electron chi connectivity index (χ2n) is 6.74. The maximum absolute atomic E-state index is 4.86. The molecule has 0 atom stereocenters. The predicted octanol–water partition coefficient (Wildman–Crippen LogP) is 3.53. The summed E-state index contributed by atoms with van der Waals surface area (Å²) in [7, 11) is 1.96. The van der Waals surface area contributed by atoms with Crippen LogP contribution >= 0.6 is 23.1 Å². The van der Waals surface area contributed by atoms with Crippen LogP contribution in [-0.4, -0.2) is 43.7 Å². The first-order valence-electron chi connectivity index (χ1n) is 8.80. The van der Waals surface area contributed by atoms with Gasteiger partial charge in [-0.2, -0.15) is 10.2 Å². The molecule has 1 N–H and O–H groups in total. The van der Waals surface area contributed by atoms with Gasteiger partial charge in [-0.15, -0.1) is 11.8 Å². The normalized spacial score (nSPS) is 16.1. The Balaban J connectivity index is 1.54. The van der Waals surface area contributed by atoms with Crippen LogP contribution in [-0.2, 0) is 7.05 Å². The molecule has 1 saturated heterocycles. The smallest absolute Gasteiger partial charge is 0.212 e. The van der Waals surface area contributed by atoms with Crippen molar-refractivity contribution in [3.8, 4) is 10.6 Å². The Morgan fingerprint density at radius 2 is 2.04 bits per heavy atom. The highest BCUT2D eigenvalue weighted by Crippen LogP contribution is 2.34. The summed E-state index contributed by atoms with van der Waals surface area (Å²) in [4.78, 5) is 7.02. The lowest BCUT2D eigenvalue weighted by molar-refractivity contribution is 0.454. The van der Waals surface area contributed by atoms with Gasteiger partial charge in [0.05, 0.1) is 11.9 Å². The van der Waals surface area contributed by atoms with Gasteiger partial charge in [0.25, 0.3) is 0 Å². The SMILES string of the molecule is CSc1cc(-c2nn3cc(C4CCNCC4)nc3s2)cc2cn(C)nc12. The minimum atomic E-state index is 0.559. The Bertz CT molecular complexity index is 1050. The zero-order valence-electron chi connectivity index (χ0n) is 14.8. The van der Waals surface area contributed by atoms with E-state index in [1.165, 1.54) is 10.6 Å². The number of imidazole rings is 1. The fraction of sp³-hybridized carbons (Fsp3) is 0.389. The fourth-order valence-electron chi connectivity index (χ4n) is 3.65. The van der Waals surface area contributed by atoms with Crippen molar-refractivity contribution < 1.29 is 0 Å². The summed E-state index contributed by atoms with van der Waals surface area (Å²) in [5.41, 5.74) is 3.37. The first-order valence-corrected chi connectivity index (χ1v) is 10.8. The van der Waals surface area contributed by atoms with Crippen molar-refractivity contribution in [2.45, 2.75) is 23.7 Å². The van der Waals surface area contributed by atoms with Gasteiger partial charge >= 0.3 is 0 Å². The monoisotopic (exact) mass is 384 g/mol. The molecule has 8 heteroatoms. The fourth-order valence-corrected chi connectivity index (χ4v) is 5.12. The number of aryl methyl sites for hydroxylation is 1. The number of hydrogen-bond acceptors (Lipinski definition) is 6. The van der Waals surface area contributed by atoms with Gasteiger partial charge in [-0.3, -0.25) is 4.68 Å². The molecule has 0 aliphatic carbocycles. The average molecular weight is 385 g/mol. The van der Waals surface area contributed by atoms with Crippen molar-refractivity contribution in [3.63, 3.8) is 0 Å². The third-order valence-electron chi connectivity index (χ3n) is 4.97. The van der Waals surface area contributed by atoms with Gasteiger partial charge in [0.2, 0.25) is 4.96 Å². The van der Waals surface area contributed by atoms with Crippen LogP contribution in [0, 0.1) is 0 Å². The van der Waals surface area contributed by atoms with Crippen LogP contribution in [0.1, 0.15) is 24.5 Å². The van der Waals surface area contributed by atoms with Crippen LogP contribution in [0.5, 0.6) is 0 Å². The highest BCUT2D eigenvalue weighted by atomic mass is 32.2. The maximum atomic E-state index is 4.86. The van der Waals surface area contributed by atoms with E-state index in [9.17, 15) is 0 Å². The van der Waals surface area contributed by atoms with Gasteiger partial charge < -0.3 is 5.32 Å².